The Morgan fingerprint density at radius 1 is 1.31 bits per heavy atom. The molecule has 0 saturated carbocycles. The lowest BCUT2D eigenvalue weighted by Crippen LogP contribution is -2.40. The fourth-order valence-electron chi connectivity index (χ4n) is 0.777. The molecule has 0 amide bonds. The van der Waals surface area contributed by atoms with Crippen molar-refractivity contribution in [1.29, 1.82) is 0 Å². The number of nitrogens with one attached hydrogen (secondary N) is 1. The van der Waals surface area contributed by atoms with E-state index in [-0.39, 0.29) is 0 Å². The molecule has 80 valence electrons. The van der Waals surface area contributed by atoms with E-state index >= 15 is 0 Å². The van der Waals surface area contributed by atoms with E-state index in [0.717, 1.165) is 20.0 Å². The second kappa shape index (κ2) is 11.4. The maximum Gasteiger partial charge on any atom is 0.300 e. The fraction of sp³-hybridized carbons (Fsp3) is 0.889. The number of piperazine rings is 1. The van der Waals surface area contributed by atoms with Crippen molar-refractivity contribution in [2.45, 2.75) is 20.8 Å². The van der Waals surface area contributed by atoms with E-state index in [1.807, 2.05) is 13.8 Å². The molecule has 4 nitrogen and oxygen atoms in total. The molecule has 0 bridgehead atoms. The molecule has 2 N–H and O–H groups in total. The molecule has 0 atom stereocenters. The summed E-state index contributed by atoms with van der Waals surface area (Å²) in [6.07, 6.45) is 0. The molecule has 4 heteroatoms. The van der Waals surface area contributed by atoms with Gasteiger partial charge in [-0.2, -0.15) is 0 Å². The molecule has 1 saturated heterocycles. The zero-order valence-corrected chi connectivity index (χ0v) is 9.13. The molecule has 1 aliphatic rings. The minimum absolute atomic E-state index is 0.833. The van der Waals surface area contributed by atoms with E-state index in [9.17, 15) is 0 Å². The van der Waals surface area contributed by atoms with Crippen molar-refractivity contribution in [3.8, 4) is 0 Å². The van der Waals surface area contributed by atoms with E-state index < -0.39 is 5.97 Å². The lowest BCUT2D eigenvalue weighted by atomic mass is 10.4. The van der Waals surface area contributed by atoms with Crippen molar-refractivity contribution in [3.63, 3.8) is 0 Å². The third-order valence-corrected chi connectivity index (χ3v) is 1.34. The van der Waals surface area contributed by atoms with Crippen LogP contribution in [0.2, 0.25) is 0 Å². The number of likely N-dealkylation sites (N-methyl/N-ethyl adjacent to an activating group) is 1. The van der Waals surface area contributed by atoms with Crippen molar-refractivity contribution < 1.29 is 9.90 Å². The van der Waals surface area contributed by atoms with Crippen molar-refractivity contribution in [1.82, 2.24) is 10.2 Å². The number of hydrogen-bond acceptors (Lipinski definition) is 3. The number of carbonyl (C=O) groups is 1. The van der Waals surface area contributed by atoms with Gasteiger partial charge < -0.3 is 15.3 Å². The molecular weight excluding hydrogens is 168 g/mol. The van der Waals surface area contributed by atoms with E-state index in [2.05, 4.69) is 17.3 Å². The standard InChI is InChI=1S/C5H12N2.C2H4O2.C2H6/c1-7-4-2-6-3-5-7;1-2(3)4;1-2/h6H,2-5H2,1H3;1H3,(H,3,4);1-2H3. The lowest BCUT2D eigenvalue weighted by molar-refractivity contribution is -0.134. The Labute approximate surface area is 80.9 Å². The fourth-order valence-corrected chi connectivity index (χ4v) is 0.777. The van der Waals surface area contributed by atoms with E-state index in [0.29, 0.717) is 0 Å². The highest BCUT2D eigenvalue weighted by Gasteiger charge is 2.01. The number of aliphatic carboxylic acids is 1. The Balaban J connectivity index is 0. The van der Waals surface area contributed by atoms with Crippen LogP contribution in [0, 0.1) is 0 Å². The summed E-state index contributed by atoms with van der Waals surface area (Å²) in [6.45, 7) is 9.83. The quantitative estimate of drug-likeness (QED) is 0.588. The van der Waals surface area contributed by atoms with Crippen LogP contribution in [0.15, 0.2) is 0 Å². The number of rotatable bonds is 0. The van der Waals surface area contributed by atoms with Gasteiger partial charge in [0.1, 0.15) is 0 Å². The van der Waals surface area contributed by atoms with E-state index in [4.69, 9.17) is 9.90 Å². The summed E-state index contributed by atoms with van der Waals surface area (Å²) in [5.41, 5.74) is 0. The van der Waals surface area contributed by atoms with Gasteiger partial charge in [-0.1, -0.05) is 13.8 Å². The summed E-state index contributed by atoms with van der Waals surface area (Å²) in [5, 5.41) is 10.7. The minimum atomic E-state index is -0.833. The van der Waals surface area contributed by atoms with Crippen molar-refractivity contribution in [2.75, 3.05) is 33.2 Å². The SMILES string of the molecule is CC.CC(=O)O.CN1CCNCC1. The van der Waals surface area contributed by atoms with Crippen LogP contribution in [-0.2, 0) is 4.79 Å². The van der Waals surface area contributed by atoms with E-state index in [1.54, 1.807) is 0 Å². The Hall–Kier alpha value is -0.610. The lowest BCUT2D eigenvalue weighted by Gasteiger charge is -2.21. The van der Waals surface area contributed by atoms with Gasteiger partial charge in [0.15, 0.2) is 0 Å². The number of hydrogen-bond donors (Lipinski definition) is 2. The average Bonchev–Trinajstić information content (AvgIpc) is 2.08. The maximum absolute atomic E-state index is 9.00. The highest BCUT2D eigenvalue weighted by atomic mass is 16.4. The molecule has 0 aliphatic carbocycles. The summed E-state index contributed by atoms with van der Waals surface area (Å²) in [7, 11) is 2.15. The first-order valence-corrected chi connectivity index (χ1v) is 4.71. The second-order valence-corrected chi connectivity index (χ2v) is 2.57. The van der Waals surface area contributed by atoms with Crippen LogP contribution in [-0.4, -0.2) is 49.2 Å². The second-order valence-electron chi connectivity index (χ2n) is 2.57. The molecule has 0 unspecified atom stereocenters. The van der Waals surface area contributed by atoms with Crippen LogP contribution in [0.5, 0.6) is 0 Å². The van der Waals surface area contributed by atoms with Gasteiger partial charge in [-0.25, -0.2) is 0 Å². The molecule has 0 aromatic rings. The van der Waals surface area contributed by atoms with Crippen molar-refractivity contribution >= 4 is 5.97 Å². The maximum atomic E-state index is 9.00. The smallest absolute Gasteiger partial charge is 0.300 e. The number of carboxylic acid groups (broad SMARTS) is 1. The Bertz CT molecular complexity index is 108. The number of nitrogens with zero attached hydrogens (tertiary/aromatic N) is 1. The molecule has 1 aliphatic heterocycles. The molecule has 1 rings (SSSR count). The van der Waals surface area contributed by atoms with Crippen molar-refractivity contribution in [2.24, 2.45) is 0 Å². The summed E-state index contributed by atoms with van der Waals surface area (Å²) in [5.74, 6) is -0.833. The first-order chi connectivity index (χ1) is 6.13. The van der Waals surface area contributed by atoms with Crippen LogP contribution in [0.4, 0.5) is 0 Å². The van der Waals surface area contributed by atoms with Crippen LogP contribution in [0.3, 0.4) is 0 Å². The van der Waals surface area contributed by atoms with Crippen LogP contribution >= 0.6 is 0 Å². The van der Waals surface area contributed by atoms with Gasteiger partial charge in [0.25, 0.3) is 5.97 Å². The normalized spacial score (nSPS) is 16.0. The minimum Gasteiger partial charge on any atom is -0.481 e. The van der Waals surface area contributed by atoms with Gasteiger partial charge in [0, 0.05) is 33.1 Å². The zero-order valence-electron chi connectivity index (χ0n) is 9.13. The highest BCUT2D eigenvalue weighted by Crippen LogP contribution is 1.82. The first kappa shape index (κ1) is 14.9. The highest BCUT2D eigenvalue weighted by molar-refractivity contribution is 5.62. The van der Waals surface area contributed by atoms with Gasteiger partial charge in [-0.15, -0.1) is 0 Å². The molecule has 0 aromatic carbocycles. The summed E-state index contributed by atoms with van der Waals surface area (Å²) in [6, 6.07) is 0. The predicted octanol–water partition coefficient (Wildman–Crippen LogP) is 0.639. The summed E-state index contributed by atoms with van der Waals surface area (Å²) >= 11 is 0. The predicted molar refractivity (Wildman–Crippen MR) is 55.0 cm³/mol. The Morgan fingerprint density at radius 3 is 1.77 bits per heavy atom. The van der Waals surface area contributed by atoms with Gasteiger partial charge >= 0.3 is 0 Å². The summed E-state index contributed by atoms with van der Waals surface area (Å²) < 4.78 is 0. The molecule has 1 fully saturated rings. The Morgan fingerprint density at radius 2 is 1.62 bits per heavy atom. The average molecular weight is 190 g/mol. The van der Waals surface area contributed by atoms with Crippen LogP contribution in [0.1, 0.15) is 20.8 Å². The monoisotopic (exact) mass is 190 g/mol. The third kappa shape index (κ3) is 18.4. The molecule has 0 spiro atoms. The van der Waals surface area contributed by atoms with Crippen molar-refractivity contribution in [3.05, 3.63) is 0 Å². The van der Waals surface area contributed by atoms with Gasteiger partial charge in [0.05, 0.1) is 0 Å². The van der Waals surface area contributed by atoms with Crippen LogP contribution < -0.4 is 5.32 Å². The number of carboxylic acids is 1. The third-order valence-electron chi connectivity index (χ3n) is 1.34. The molecule has 13 heavy (non-hydrogen) atoms. The van der Waals surface area contributed by atoms with Gasteiger partial charge in [-0.05, 0) is 7.05 Å². The Kier molecular flexibility index (Phi) is 13.0. The van der Waals surface area contributed by atoms with Gasteiger partial charge in [-0.3, -0.25) is 4.79 Å². The van der Waals surface area contributed by atoms with E-state index in [1.165, 1.54) is 13.1 Å². The largest absolute Gasteiger partial charge is 0.481 e. The topological polar surface area (TPSA) is 52.6 Å². The molecular formula is C9H22N2O2. The van der Waals surface area contributed by atoms with Gasteiger partial charge in [0.2, 0.25) is 0 Å². The summed E-state index contributed by atoms with van der Waals surface area (Å²) in [4.78, 5) is 11.3. The molecule has 0 radical (unpaired) electrons. The van der Waals surface area contributed by atoms with Crippen LogP contribution in [0.25, 0.3) is 0 Å². The molecule has 0 aromatic heterocycles. The molecule has 1 heterocycles. The first-order valence-electron chi connectivity index (χ1n) is 4.71. The zero-order chi connectivity index (χ0) is 10.7.